The average Bonchev–Trinajstić information content (AvgIpc) is 3.03. The fourth-order valence-electron chi connectivity index (χ4n) is 3.63. The molecule has 182 valence electrons. The number of ether oxygens (including phenoxy) is 1. The first-order valence-electron chi connectivity index (χ1n) is 10.3. The molecule has 1 fully saturated rings. The summed E-state index contributed by atoms with van der Waals surface area (Å²) in [6.45, 7) is -0.0995. The quantitative estimate of drug-likeness (QED) is 0.604. The predicted molar refractivity (Wildman–Crippen MR) is 115 cm³/mol. The first kappa shape index (κ1) is 25.5. The molecule has 0 bridgehead atoms. The minimum absolute atomic E-state index is 0.0108. The van der Waals surface area contributed by atoms with E-state index >= 15 is 0 Å². The van der Waals surface area contributed by atoms with Crippen LogP contribution in [0.1, 0.15) is 23.1 Å². The fourth-order valence-corrected chi connectivity index (χ4v) is 5.15. The minimum atomic E-state index is -4.61. The maximum atomic E-state index is 13.3. The van der Waals surface area contributed by atoms with Crippen LogP contribution in [0.4, 0.5) is 13.2 Å². The van der Waals surface area contributed by atoms with Gasteiger partial charge in [-0.25, -0.2) is 13.2 Å². The van der Waals surface area contributed by atoms with Crippen LogP contribution in [0.25, 0.3) is 0 Å². The Morgan fingerprint density at radius 2 is 1.94 bits per heavy atom. The summed E-state index contributed by atoms with van der Waals surface area (Å²) < 4.78 is 72.5. The minimum Gasteiger partial charge on any atom is -0.482 e. The third-order valence-corrected chi connectivity index (χ3v) is 7.15. The van der Waals surface area contributed by atoms with E-state index in [4.69, 9.17) is 15.1 Å². The third-order valence-electron chi connectivity index (χ3n) is 5.27. The highest BCUT2D eigenvalue weighted by atomic mass is 32.2. The number of nitrogens with one attached hydrogen (secondary N) is 1. The molecule has 1 aliphatic rings. The number of halogens is 3. The molecule has 1 aliphatic heterocycles. The van der Waals surface area contributed by atoms with Crippen molar-refractivity contribution in [1.29, 1.82) is 5.26 Å². The lowest BCUT2D eigenvalue weighted by Gasteiger charge is -2.25. The molecule has 0 radical (unpaired) electrons. The number of hydrogen-bond acceptors (Lipinski definition) is 6. The number of sulfonamides is 1. The van der Waals surface area contributed by atoms with E-state index in [1.165, 1.54) is 28.6 Å². The topological polar surface area (TPSA) is 120 Å². The standard InChI is InChI=1S/C22H22F3N3O5S/c23-22(24,25)17-4-7-20(33-14-21(29)30)16(10-17)11-18-13-28(9-1-8-27-18)34(31,32)19-5-2-15(12-26)3-6-19/h2-7,10,18,27H,1,8-9,11,13-14H2,(H,29,30). The van der Waals surface area contributed by atoms with Crippen molar-refractivity contribution in [2.45, 2.75) is 30.0 Å². The molecule has 0 spiro atoms. The Morgan fingerprint density at radius 3 is 2.56 bits per heavy atom. The SMILES string of the molecule is N#Cc1ccc(S(=O)(=O)N2CCCNC(Cc3cc(C(F)(F)F)ccc3OCC(=O)O)C2)cc1. The number of aliphatic carboxylic acids is 1. The van der Waals surface area contributed by atoms with E-state index in [1.807, 2.05) is 6.07 Å². The summed E-state index contributed by atoms with van der Waals surface area (Å²) in [6.07, 6.45) is -4.14. The lowest BCUT2D eigenvalue weighted by molar-refractivity contribution is -0.140. The van der Waals surface area contributed by atoms with Crippen LogP contribution in [0.3, 0.4) is 0 Å². The van der Waals surface area contributed by atoms with Crippen LogP contribution in [0.2, 0.25) is 0 Å². The molecule has 1 saturated heterocycles. The first-order valence-corrected chi connectivity index (χ1v) is 11.7. The van der Waals surface area contributed by atoms with Gasteiger partial charge in [-0.15, -0.1) is 0 Å². The molecule has 2 aromatic carbocycles. The van der Waals surface area contributed by atoms with Crippen LogP contribution >= 0.6 is 0 Å². The Bertz CT molecular complexity index is 1180. The van der Waals surface area contributed by atoms with E-state index in [0.29, 0.717) is 18.5 Å². The van der Waals surface area contributed by atoms with E-state index in [-0.39, 0.29) is 35.7 Å². The van der Waals surface area contributed by atoms with Gasteiger partial charge in [-0.05, 0) is 67.4 Å². The molecule has 1 heterocycles. The number of carboxylic acid groups (broad SMARTS) is 1. The molecular formula is C22H22F3N3O5S. The predicted octanol–water partition coefficient (Wildman–Crippen LogP) is 2.64. The van der Waals surface area contributed by atoms with Gasteiger partial charge in [0.2, 0.25) is 10.0 Å². The summed E-state index contributed by atoms with van der Waals surface area (Å²) in [4.78, 5) is 10.9. The largest absolute Gasteiger partial charge is 0.482 e. The lowest BCUT2D eigenvalue weighted by atomic mass is 10.0. The fraction of sp³-hybridized carbons (Fsp3) is 0.364. The van der Waals surface area contributed by atoms with Crippen LogP contribution in [-0.2, 0) is 27.4 Å². The van der Waals surface area contributed by atoms with Crippen LogP contribution in [0.15, 0.2) is 47.4 Å². The zero-order chi connectivity index (χ0) is 24.9. The maximum absolute atomic E-state index is 13.3. The molecule has 1 unspecified atom stereocenters. The van der Waals surface area contributed by atoms with Gasteiger partial charge < -0.3 is 15.2 Å². The highest BCUT2D eigenvalue weighted by molar-refractivity contribution is 7.89. The highest BCUT2D eigenvalue weighted by Gasteiger charge is 2.33. The number of nitrogens with zero attached hydrogens (tertiary/aromatic N) is 2. The summed E-state index contributed by atoms with van der Waals surface area (Å²) in [6, 6.07) is 9.62. The van der Waals surface area contributed by atoms with E-state index < -0.39 is 40.4 Å². The molecule has 8 nitrogen and oxygen atoms in total. The Kier molecular flexibility index (Phi) is 7.81. The van der Waals surface area contributed by atoms with E-state index in [9.17, 15) is 26.4 Å². The third kappa shape index (κ3) is 6.25. The molecule has 0 saturated carbocycles. The second-order valence-electron chi connectivity index (χ2n) is 7.71. The summed E-state index contributed by atoms with van der Waals surface area (Å²) in [5, 5.41) is 20.9. The van der Waals surface area contributed by atoms with Gasteiger partial charge in [0.25, 0.3) is 0 Å². The molecule has 0 aliphatic carbocycles. The zero-order valence-electron chi connectivity index (χ0n) is 17.9. The molecule has 12 heteroatoms. The summed E-state index contributed by atoms with van der Waals surface area (Å²) in [5.41, 5.74) is -0.486. The number of nitriles is 1. The van der Waals surface area contributed by atoms with Crippen molar-refractivity contribution in [3.8, 4) is 11.8 Å². The Balaban J connectivity index is 1.86. The highest BCUT2D eigenvalue weighted by Crippen LogP contribution is 2.33. The van der Waals surface area contributed by atoms with Crippen LogP contribution in [0, 0.1) is 11.3 Å². The van der Waals surface area contributed by atoms with Crippen molar-refractivity contribution in [2.75, 3.05) is 26.2 Å². The van der Waals surface area contributed by atoms with Gasteiger partial charge in [0, 0.05) is 19.1 Å². The first-order chi connectivity index (χ1) is 16.0. The van der Waals surface area contributed by atoms with E-state index in [2.05, 4.69) is 5.32 Å². The van der Waals surface area contributed by atoms with Crippen molar-refractivity contribution in [2.24, 2.45) is 0 Å². The van der Waals surface area contributed by atoms with Gasteiger partial charge in [-0.3, -0.25) is 0 Å². The molecule has 0 aromatic heterocycles. The number of alkyl halides is 3. The zero-order valence-corrected chi connectivity index (χ0v) is 18.7. The van der Waals surface area contributed by atoms with E-state index in [1.54, 1.807) is 0 Å². The van der Waals surface area contributed by atoms with Crippen molar-refractivity contribution in [3.63, 3.8) is 0 Å². The van der Waals surface area contributed by atoms with Crippen LogP contribution < -0.4 is 10.1 Å². The lowest BCUT2D eigenvalue weighted by Crippen LogP contribution is -2.41. The van der Waals surface area contributed by atoms with Crippen molar-refractivity contribution in [3.05, 3.63) is 59.2 Å². The Hall–Kier alpha value is -3.14. The number of carboxylic acids is 1. The van der Waals surface area contributed by atoms with Crippen molar-refractivity contribution in [1.82, 2.24) is 9.62 Å². The van der Waals surface area contributed by atoms with Crippen LogP contribution in [0.5, 0.6) is 5.75 Å². The molecular weight excluding hydrogens is 475 g/mol. The molecule has 0 amide bonds. The number of hydrogen-bond donors (Lipinski definition) is 2. The van der Waals surface area contributed by atoms with Gasteiger partial charge in [0.05, 0.1) is 22.1 Å². The monoisotopic (exact) mass is 497 g/mol. The van der Waals surface area contributed by atoms with Gasteiger partial charge in [0.1, 0.15) is 5.75 Å². The molecule has 2 N–H and O–H groups in total. The van der Waals surface area contributed by atoms with Gasteiger partial charge >= 0.3 is 12.1 Å². The number of carbonyl (C=O) groups is 1. The second-order valence-corrected chi connectivity index (χ2v) is 9.65. The molecule has 3 rings (SSSR count). The maximum Gasteiger partial charge on any atom is 0.416 e. The summed E-state index contributed by atoms with van der Waals surface area (Å²) in [7, 11) is -3.90. The average molecular weight is 497 g/mol. The summed E-state index contributed by atoms with van der Waals surface area (Å²) in [5.74, 6) is -1.29. The van der Waals surface area contributed by atoms with Crippen molar-refractivity contribution < 1.29 is 36.2 Å². The molecule has 2 aromatic rings. The Morgan fingerprint density at radius 1 is 1.24 bits per heavy atom. The molecule has 1 atom stereocenters. The number of benzene rings is 2. The van der Waals surface area contributed by atoms with Crippen molar-refractivity contribution >= 4 is 16.0 Å². The van der Waals surface area contributed by atoms with Gasteiger partial charge in [0.15, 0.2) is 6.61 Å². The van der Waals surface area contributed by atoms with E-state index in [0.717, 1.165) is 18.2 Å². The Labute approximate surface area is 194 Å². The van der Waals surface area contributed by atoms with Crippen LogP contribution in [-0.4, -0.2) is 56.1 Å². The smallest absolute Gasteiger partial charge is 0.416 e. The number of rotatable bonds is 7. The normalized spacial score (nSPS) is 17.5. The second kappa shape index (κ2) is 10.4. The van der Waals surface area contributed by atoms with Gasteiger partial charge in [-0.2, -0.15) is 22.7 Å². The summed E-state index contributed by atoms with van der Waals surface area (Å²) >= 11 is 0. The van der Waals surface area contributed by atoms with Gasteiger partial charge in [-0.1, -0.05) is 0 Å². The molecule has 34 heavy (non-hydrogen) atoms.